The molecule has 0 fully saturated rings. The number of thioether (sulfide) groups is 1. The van der Waals surface area contributed by atoms with Crippen LogP contribution in [0.5, 0.6) is 0 Å². The molecule has 0 bridgehead atoms. The van der Waals surface area contributed by atoms with Crippen molar-refractivity contribution in [1.82, 2.24) is 4.90 Å². The molecule has 0 saturated carbocycles. The topological polar surface area (TPSA) is 40.5 Å². The summed E-state index contributed by atoms with van der Waals surface area (Å²) in [5.74, 6) is -0.721. The van der Waals surface area contributed by atoms with Gasteiger partial charge in [0.15, 0.2) is 0 Å². The first-order valence-corrected chi connectivity index (χ1v) is 6.95. The lowest BCUT2D eigenvalue weighted by atomic mass is 10.2. The molecule has 0 heterocycles. The van der Waals surface area contributed by atoms with Gasteiger partial charge in [-0.3, -0.25) is 4.79 Å². The Labute approximate surface area is 119 Å². The number of nitrogens with zero attached hydrogens (tertiary/aromatic N) is 1. The standard InChI is InChI=1S/C13H16F3NO2S/c1-10-2-4-11(5-3-10)20-8-12(19)17(6-7-18)9-13(14,15)16/h2-5,18H,6-9H2,1H3. The molecule has 1 rings (SSSR count). The third kappa shape index (κ3) is 6.29. The van der Waals surface area contributed by atoms with Gasteiger partial charge in [-0.05, 0) is 19.1 Å². The molecule has 0 aromatic heterocycles. The lowest BCUT2D eigenvalue weighted by Crippen LogP contribution is -2.41. The molecule has 112 valence electrons. The minimum Gasteiger partial charge on any atom is -0.395 e. The number of aliphatic hydroxyl groups is 1. The molecular formula is C13H16F3NO2S. The van der Waals surface area contributed by atoms with Crippen molar-refractivity contribution in [3.63, 3.8) is 0 Å². The molecule has 0 atom stereocenters. The number of hydrogen-bond acceptors (Lipinski definition) is 3. The van der Waals surface area contributed by atoms with Crippen LogP contribution in [0.4, 0.5) is 13.2 Å². The summed E-state index contributed by atoms with van der Waals surface area (Å²) in [6.45, 7) is -0.212. The number of carbonyl (C=O) groups is 1. The van der Waals surface area contributed by atoms with E-state index in [4.69, 9.17) is 5.11 Å². The van der Waals surface area contributed by atoms with Crippen molar-refractivity contribution >= 4 is 17.7 Å². The van der Waals surface area contributed by atoms with Crippen molar-refractivity contribution in [3.8, 4) is 0 Å². The van der Waals surface area contributed by atoms with Gasteiger partial charge in [-0.25, -0.2) is 0 Å². The molecule has 1 amide bonds. The number of hydrogen-bond donors (Lipinski definition) is 1. The van der Waals surface area contributed by atoms with E-state index in [0.717, 1.165) is 10.5 Å². The quantitative estimate of drug-likeness (QED) is 0.821. The SMILES string of the molecule is Cc1ccc(SCC(=O)N(CCO)CC(F)(F)F)cc1. The summed E-state index contributed by atoms with van der Waals surface area (Å²) in [6, 6.07) is 7.36. The predicted octanol–water partition coefficient (Wildman–Crippen LogP) is 2.47. The second-order valence-electron chi connectivity index (χ2n) is 4.26. The van der Waals surface area contributed by atoms with E-state index in [2.05, 4.69) is 0 Å². The van der Waals surface area contributed by atoms with Crippen molar-refractivity contribution in [2.45, 2.75) is 18.0 Å². The van der Waals surface area contributed by atoms with Crippen molar-refractivity contribution in [1.29, 1.82) is 0 Å². The fraction of sp³-hybridized carbons (Fsp3) is 0.462. The summed E-state index contributed by atoms with van der Waals surface area (Å²) >= 11 is 1.18. The molecule has 20 heavy (non-hydrogen) atoms. The Kier molecular flexibility index (Phi) is 6.35. The van der Waals surface area contributed by atoms with Gasteiger partial charge in [0.25, 0.3) is 0 Å². The van der Waals surface area contributed by atoms with E-state index in [9.17, 15) is 18.0 Å². The molecule has 1 aromatic carbocycles. The highest BCUT2D eigenvalue weighted by Crippen LogP contribution is 2.21. The van der Waals surface area contributed by atoms with Crippen molar-refractivity contribution in [2.75, 3.05) is 25.4 Å². The van der Waals surface area contributed by atoms with Gasteiger partial charge in [-0.1, -0.05) is 17.7 Å². The molecule has 0 aliphatic heterocycles. The summed E-state index contributed by atoms with van der Waals surface area (Å²) in [7, 11) is 0. The fourth-order valence-electron chi connectivity index (χ4n) is 1.50. The van der Waals surface area contributed by atoms with E-state index >= 15 is 0 Å². The summed E-state index contributed by atoms with van der Waals surface area (Å²) in [5.41, 5.74) is 1.07. The van der Waals surface area contributed by atoms with Crippen LogP contribution in [0.2, 0.25) is 0 Å². The highest BCUT2D eigenvalue weighted by atomic mass is 32.2. The van der Waals surface area contributed by atoms with E-state index in [1.807, 2.05) is 31.2 Å². The number of amides is 1. The number of benzene rings is 1. The normalized spacial score (nSPS) is 11.4. The molecule has 0 saturated heterocycles. The Morgan fingerprint density at radius 3 is 2.40 bits per heavy atom. The molecule has 3 nitrogen and oxygen atoms in total. The van der Waals surface area contributed by atoms with Crippen LogP contribution in [-0.4, -0.2) is 47.5 Å². The van der Waals surface area contributed by atoms with Crippen LogP contribution in [0, 0.1) is 6.92 Å². The van der Waals surface area contributed by atoms with Crippen molar-refractivity contribution < 1.29 is 23.1 Å². The maximum Gasteiger partial charge on any atom is 0.406 e. The van der Waals surface area contributed by atoms with Crippen molar-refractivity contribution in [3.05, 3.63) is 29.8 Å². The summed E-state index contributed by atoms with van der Waals surface area (Å²) in [6.07, 6.45) is -4.46. The highest BCUT2D eigenvalue weighted by Gasteiger charge is 2.32. The molecule has 0 spiro atoms. The molecule has 0 radical (unpaired) electrons. The van der Waals surface area contributed by atoms with E-state index in [1.54, 1.807) is 0 Å². The molecule has 1 aromatic rings. The van der Waals surface area contributed by atoms with Gasteiger partial charge in [0.05, 0.1) is 12.4 Å². The molecular weight excluding hydrogens is 291 g/mol. The van der Waals surface area contributed by atoms with Crippen LogP contribution in [0.1, 0.15) is 5.56 Å². The number of aliphatic hydroxyl groups excluding tert-OH is 1. The Morgan fingerprint density at radius 2 is 1.90 bits per heavy atom. The Hall–Kier alpha value is -1.21. The van der Waals surface area contributed by atoms with Gasteiger partial charge in [0.1, 0.15) is 6.54 Å². The second-order valence-corrected chi connectivity index (χ2v) is 5.30. The van der Waals surface area contributed by atoms with Crippen molar-refractivity contribution in [2.24, 2.45) is 0 Å². The van der Waals surface area contributed by atoms with E-state index in [-0.39, 0.29) is 12.3 Å². The zero-order valence-corrected chi connectivity index (χ0v) is 11.8. The monoisotopic (exact) mass is 307 g/mol. The summed E-state index contributed by atoms with van der Waals surface area (Å²) in [4.78, 5) is 13.2. The maximum absolute atomic E-state index is 12.3. The summed E-state index contributed by atoms with van der Waals surface area (Å²) in [5, 5.41) is 8.73. The van der Waals surface area contributed by atoms with Crippen LogP contribution >= 0.6 is 11.8 Å². The first-order chi connectivity index (χ1) is 9.31. The first-order valence-electron chi connectivity index (χ1n) is 5.96. The first kappa shape index (κ1) is 16.8. The van der Waals surface area contributed by atoms with E-state index in [0.29, 0.717) is 4.90 Å². The lowest BCUT2D eigenvalue weighted by Gasteiger charge is -2.22. The number of rotatable bonds is 6. The number of aryl methyl sites for hydroxylation is 1. The van der Waals surface area contributed by atoms with Gasteiger partial charge < -0.3 is 10.0 Å². The second kappa shape index (κ2) is 7.54. The van der Waals surface area contributed by atoms with E-state index < -0.39 is 25.2 Å². The van der Waals surface area contributed by atoms with Crippen LogP contribution in [0.25, 0.3) is 0 Å². The van der Waals surface area contributed by atoms with Gasteiger partial charge >= 0.3 is 6.18 Å². The van der Waals surface area contributed by atoms with Crippen LogP contribution in [-0.2, 0) is 4.79 Å². The third-order valence-corrected chi connectivity index (χ3v) is 3.47. The molecule has 0 aliphatic carbocycles. The number of alkyl halides is 3. The largest absolute Gasteiger partial charge is 0.406 e. The van der Waals surface area contributed by atoms with Crippen LogP contribution < -0.4 is 0 Å². The third-order valence-electron chi connectivity index (χ3n) is 2.48. The number of halogens is 3. The van der Waals surface area contributed by atoms with Crippen LogP contribution in [0.3, 0.4) is 0 Å². The average molecular weight is 307 g/mol. The molecule has 0 unspecified atom stereocenters. The van der Waals surface area contributed by atoms with E-state index in [1.165, 1.54) is 11.8 Å². The molecule has 0 aliphatic rings. The van der Waals surface area contributed by atoms with Gasteiger partial charge in [0.2, 0.25) is 5.91 Å². The summed E-state index contributed by atoms with van der Waals surface area (Å²) < 4.78 is 36.9. The minimum atomic E-state index is -4.46. The Balaban J connectivity index is 2.55. The average Bonchev–Trinajstić information content (AvgIpc) is 2.35. The minimum absolute atomic E-state index is 0.0842. The smallest absolute Gasteiger partial charge is 0.395 e. The number of carbonyl (C=O) groups excluding carboxylic acids is 1. The zero-order valence-electron chi connectivity index (χ0n) is 11.0. The van der Waals surface area contributed by atoms with Crippen LogP contribution in [0.15, 0.2) is 29.2 Å². The molecule has 7 heteroatoms. The highest BCUT2D eigenvalue weighted by molar-refractivity contribution is 8.00. The predicted molar refractivity (Wildman–Crippen MR) is 71.6 cm³/mol. The lowest BCUT2D eigenvalue weighted by molar-refractivity contribution is -0.160. The Bertz CT molecular complexity index is 434. The van der Waals surface area contributed by atoms with Gasteiger partial charge in [0, 0.05) is 11.4 Å². The zero-order chi connectivity index (χ0) is 15.2. The maximum atomic E-state index is 12.3. The Morgan fingerprint density at radius 1 is 1.30 bits per heavy atom. The molecule has 1 N–H and O–H groups in total. The van der Waals surface area contributed by atoms with Gasteiger partial charge in [-0.15, -0.1) is 11.8 Å². The van der Waals surface area contributed by atoms with Gasteiger partial charge in [-0.2, -0.15) is 13.2 Å². The fourth-order valence-corrected chi connectivity index (χ4v) is 2.30.